The molecule has 0 aromatic heterocycles. The maximum atomic E-state index is 10.5. The fourth-order valence-electron chi connectivity index (χ4n) is 1.26. The van der Waals surface area contributed by atoms with Crippen LogP contribution in [0, 0.1) is 11.3 Å². The van der Waals surface area contributed by atoms with Crippen LogP contribution in [0.5, 0.6) is 0 Å². The van der Waals surface area contributed by atoms with Crippen LogP contribution in [0.15, 0.2) is 35.4 Å². The van der Waals surface area contributed by atoms with Crippen molar-refractivity contribution in [3.05, 3.63) is 35.9 Å². The molecule has 3 N–H and O–H groups in total. The van der Waals surface area contributed by atoms with Crippen molar-refractivity contribution in [1.29, 1.82) is 5.26 Å². The Balaban J connectivity index is 2.88. The van der Waals surface area contributed by atoms with Crippen LogP contribution in [0.25, 0.3) is 0 Å². The van der Waals surface area contributed by atoms with Gasteiger partial charge in [0.25, 0.3) is 0 Å². The zero-order valence-corrected chi connectivity index (χ0v) is 8.84. The third kappa shape index (κ3) is 3.10. The molecule has 1 aromatic carbocycles. The summed E-state index contributed by atoms with van der Waals surface area (Å²) in [6.07, 6.45) is 0. The van der Waals surface area contributed by atoms with Crippen molar-refractivity contribution in [3.8, 4) is 6.07 Å². The van der Waals surface area contributed by atoms with E-state index in [1.54, 1.807) is 6.92 Å². The lowest BCUT2D eigenvalue weighted by molar-refractivity contribution is 0.249. The van der Waals surface area contributed by atoms with Crippen LogP contribution in [0.1, 0.15) is 18.4 Å². The summed E-state index contributed by atoms with van der Waals surface area (Å²) in [6, 6.07) is 10.6. The van der Waals surface area contributed by atoms with Gasteiger partial charge in [-0.2, -0.15) is 10.4 Å². The van der Waals surface area contributed by atoms with Gasteiger partial charge in [-0.05, 0) is 12.5 Å². The quantitative estimate of drug-likeness (QED) is 0.589. The Hall–Kier alpha value is -2.35. The van der Waals surface area contributed by atoms with Crippen LogP contribution < -0.4 is 11.2 Å². The van der Waals surface area contributed by atoms with Crippen LogP contribution in [0.3, 0.4) is 0 Å². The second kappa shape index (κ2) is 5.51. The van der Waals surface area contributed by atoms with E-state index < -0.39 is 11.9 Å². The number of hydrogen-bond donors (Lipinski definition) is 2. The van der Waals surface area contributed by atoms with Crippen LogP contribution in [0.4, 0.5) is 4.79 Å². The second-order valence-electron chi connectivity index (χ2n) is 3.20. The Bertz CT molecular complexity index is 433. The molecule has 5 heteroatoms. The van der Waals surface area contributed by atoms with Gasteiger partial charge in [0, 0.05) is 0 Å². The number of nitrogens with one attached hydrogen (secondary N) is 1. The van der Waals surface area contributed by atoms with Gasteiger partial charge >= 0.3 is 6.03 Å². The number of nitrogens with zero attached hydrogens (tertiary/aromatic N) is 2. The zero-order valence-electron chi connectivity index (χ0n) is 8.84. The Morgan fingerprint density at radius 3 is 2.62 bits per heavy atom. The lowest BCUT2D eigenvalue weighted by Gasteiger charge is -2.08. The van der Waals surface area contributed by atoms with E-state index in [9.17, 15) is 4.79 Å². The lowest BCUT2D eigenvalue weighted by atomic mass is 9.97. The fraction of sp³-hybridized carbons (Fsp3) is 0.182. The standard InChI is InChI=1S/C11H12N4O/c1-8(14-15-11(13)16)10(7-12)9-5-3-2-4-6-9/h2-6,10H,1H3,(H3,13,15,16)/b14-8+. The maximum absolute atomic E-state index is 10.5. The van der Waals surface area contributed by atoms with Gasteiger partial charge in [-0.1, -0.05) is 30.3 Å². The summed E-state index contributed by atoms with van der Waals surface area (Å²) in [5.74, 6) is -0.479. The van der Waals surface area contributed by atoms with Crippen LogP contribution in [-0.2, 0) is 0 Å². The minimum atomic E-state index is -0.746. The van der Waals surface area contributed by atoms with Gasteiger partial charge in [0.05, 0.1) is 11.8 Å². The van der Waals surface area contributed by atoms with Crippen molar-refractivity contribution in [2.24, 2.45) is 10.8 Å². The molecule has 5 nitrogen and oxygen atoms in total. The monoisotopic (exact) mass is 216 g/mol. The Morgan fingerprint density at radius 2 is 2.12 bits per heavy atom. The number of primary amides is 1. The van der Waals surface area contributed by atoms with Gasteiger partial charge in [0.15, 0.2) is 0 Å². The number of nitrogens with two attached hydrogens (primary N) is 1. The molecule has 0 aliphatic heterocycles. The SMILES string of the molecule is C/C(=N\NC(N)=O)C(C#N)c1ccccc1. The van der Waals surface area contributed by atoms with E-state index in [4.69, 9.17) is 11.0 Å². The third-order valence-corrected chi connectivity index (χ3v) is 2.02. The summed E-state index contributed by atoms with van der Waals surface area (Å²) in [5, 5.41) is 12.8. The van der Waals surface area contributed by atoms with E-state index in [1.807, 2.05) is 30.3 Å². The number of hydrogen-bond acceptors (Lipinski definition) is 3. The molecule has 0 aliphatic carbocycles. The summed E-state index contributed by atoms with van der Waals surface area (Å²) >= 11 is 0. The van der Waals surface area contributed by atoms with Gasteiger partial charge in [-0.3, -0.25) is 0 Å². The highest BCUT2D eigenvalue weighted by molar-refractivity contribution is 5.92. The van der Waals surface area contributed by atoms with Gasteiger partial charge < -0.3 is 5.73 Å². The van der Waals surface area contributed by atoms with E-state index in [-0.39, 0.29) is 0 Å². The average Bonchev–Trinajstić information content (AvgIpc) is 2.29. The molecule has 0 fully saturated rings. The number of carbonyl (C=O) groups excluding carboxylic acids is 1. The molecule has 2 amide bonds. The summed E-state index contributed by atoms with van der Waals surface area (Å²) in [5.41, 5.74) is 8.31. The van der Waals surface area contributed by atoms with E-state index in [1.165, 1.54) is 0 Å². The van der Waals surface area contributed by atoms with E-state index in [0.29, 0.717) is 5.71 Å². The highest BCUT2D eigenvalue weighted by Gasteiger charge is 2.13. The second-order valence-corrected chi connectivity index (χ2v) is 3.20. The van der Waals surface area contributed by atoms with E-state index in [2.05, 4.69) is 16.6 Å². The first kappa shape index (κ1) is 11.7. The number of urea groups is 1. The molecule has 1 rings (SSSR count). The maximum Gasteiger partial charge on any atom is 0.332 e. The zero-order chi connectivity index (χ0) is 12.0. The Morgan fingerprint density at radius 1 is 1.50 bits per heavy atom. The number of amides is 2. The highest BCUT2D eigenvalue weighted by Crippen LogP contribution is 2.15. The molecule has 0 spiro atoms. The van der Waals surface area contributed by atoms with Crippen molar-refractivity contribution in [1.82, 2.24) is 5.43 Å². The number of rotatable bonds is 3. The van der Waals surface area contributed by atoms with Gasteiger partial charge in [-0.25, -0.2) is 10.2 Å². The number of nitriles is 1. The van der Waals surface area contributed by atoms with Gasteiger partial charge in [0.1, 0.15) is 5.92 Å². The minimum Gasteiger partial charge on any atom is -0.350 e. The van der Waals surface area contributed by atoms with E-state index >= 15 is 0 Å². The van der Waals surface area contributed by atoms with Gasteiger partial charge in [0.2, 0.25) is 0 Å². The largest absolute Gasteiger partial charge is 0.350 e. The van der Waals surface area contributed by atoms with Crippen LogP contribution in [-0.4, -0.2) is 11.7 Å². The Kier molecular flexibility index (Phi) is 4.04. The predicted molar refractivity (Wildman–Crippen MR) is 60.6 cm³/mol. The topological polar surface area (TPSA) is 91.3 Å². The first-order chi connectivity index (χ1) is 7.65. The van der Waals surface area contributed by atoms with Crippen molar-refractivity contribution >= 4 is 11.7 Å². The van der Waals surface area contributed by atoms with Crippen molar-refractivity contribution in [2.45, 2.75) is 12.8 Å². The first-order valence-electron chi connectivity index (χ1n) is 4.69. The first-order valence-corrected chi connectivity index (χ1v) is 4.69. The highest BCUT2D eigenvalue weighted by atomic mass is 16.2. The molecule has 0 bridgehead atoms. The van der Waals surface area contributed by atoms with Crippen LogP contribution >= 0.6 is 0 Å². The molecule has 0 saturated carbocycles. The predicted octanol–water partition coefficient (Wildman–Crippen LogP) is 1.34. The minimum absolute atomic E-state index is 0.479. The van der Waals surface area contributed by atoms with Crippen LogP contribution in [0.2, 0.25) is 0 Å². The molecule has 0 heterocycles. The molecule has 1 atom stereocenters. The van der Waals surface area contributed by atoms with Gasteiger partial charge in [-0.15, -0.1) is 0 Å². The molecule has 1 aromatic rings. The third-order valence-electron chi connectivity index (χ3n) is 2.02. The normalized spacial score (nSPS) is 12.6. The molecule has 0 aliphatic rings. The molecule has 0 saturated heterocycles. The number of carbonyl (C=O) groups is 1. The Labute approximate surface area is 93.6 Å². The van der Waals surface area contributed by atoms with Crippen molar-refractivity contribution < 1.29 is 4.79 Å². The number of hydrazone groups is 1. The molecule has 1 unspecified atom stereocenters. The summed E-state index contributed by atoms with van der Waals surface area (Å²) in [6.45, 7) is 1.66. The molecular weight excluding hydrogens is 204 g/mol. The molecular formula is C11H12N4O. The van der Waals surface area contributed by atoms with E-state index in [0.717, 1.165) is 5.56 Å². The van der Waals surface area contributed by atoms with Crippen molar-refractivity contribution in [3.63, 3.8) is 0 Å². The molecule has 0 radical (unpaired) electrons. The lowest BCUT2D eigenvalue weighted by Crippen LogP contribution is -2.26. The summed E-state index contributed by atoms with van der Waals surface area (Å²) in [7, 11) is 0. The average molecular weight is 216 g/mol. The number of benzene rings is 1. The molecule has 16 heavy (non-hydrogen) atoms. The fourth-order valence-corrected chi connectivity index (χ4v) is 1.26. The molecule has 82 valence electrons. The smallest absolute Gasteiger partial charge is 0.332 e. The summed E-state index contributed by atoms with van der Waals surface area (Å²) in [4.78, 5) is 10.5. The summed E-state index contributed by atoms with van der Waals surface area (Å²) < 4.78 is 0. The van der Waals surface area contributed by atoms with Crippen molar-refractivity contribution in [2.75, 3.05) is 0 Å².